The highest BCUT2D eigenvalue weighted by molar-refractivity contribution is 9.10. The summed E-state index contributed by atoms with van der Waals surface area (Å²) < 4.78 is 2.89. The number of hydrazone groups is 1. The van der Waals surface area contributed by atoms with Crippen molar-refractivity contribution in [2.45, 2.75) is 0 Å². The predicted molar refractivity (Wildman–Crippen MR) is 92.1 cm³/mol. The minimum atomic E-state index is -0.238. The Hall–Kier alpha value is -2.40. The molecule has 0 bridgehead atoms. The average Bonchev–Trinajstić information content (AvgIpc) is 2.84. The smallest absolute Gasteiger partial charge is 0.271 e. The van der Waals surface area contributed by atoms with Crippen molar-refractivity contribution in [3.63, 3.8) is 0 Å². The van der Waals surface area contributed by atoms with Crippen molar-refractivity contribution in [3.05, 3.63) is 70.3 Å². The van der Waals surface area contributed by atoms with Crippen LogP contribution < -0.4 is 5.43 Å². The monoisotopic (exact) mass is 355 g/mol. The fraction of sp³-hybridized carbons (Fsp3) is 0.0588. The van der Waals surface area contributed by atoms with Crippen LogP contribution in [0, 0.1) is 0 Å². The van der Waals surface area contributed by atoms with Crippen LogP contribution in [-0.4, -0.2) is 16.7 Å². The second kappa shape index (κ2) is 6.15. The van der Waals surface area contributed by atoms with Gasteiger partial charge >= 0.3 is 0 Å². The molecule has 1 N–H and O–H groups in total. The number of rotatable bonds is 3. The first-order chi connectivity index (χ1) is 10.6. The number of para-hydroxylation sites is 1. The van der Waals surface area contributed by atoms with Crippen molar-refractivity contribution in [2.75, 3.05) is 0 Å². The van der Waals surface area contributed by atoms with Crippen LogP contribution in [0.15, 0.2) is 64.3 Å². The number of hydrogen-bond acceptors (Lipinski definition) is 2. The fourth-order valence-corrected chi connectivity index (χ4v) is 2.73. The van der Waals surface area contributed by atoms with E-state index >= 15 is 0 Å². The molecule has 0 aliphatic heterocycles. The van der Waals surface area contributed by atoms with Crippen molar-refractivity contribution in [1.29, 1.82) is 0 Å². The maximum Gasteiger partial charge on any atom is 0.271 e. The van der Waals surface area contributed by atoms with Crippen molar-refractivity contribution in [1.82, 2.24) is 9.99 Å². The molecule has 3 rings (SSSR count). The van der Waals surface area contributed by atoms with Crippen molar-refractivity contribution < 1.29 is 4.79 Å². The Morgan fingerprint density at radius 3 is 2.86 bits per heavy atom. The number of nitrogens with one attached hydrogen (secondary N) is 1. The second-order valence-corrected chi connectivity index (χ2v) is 5.84. The second-order valence-electron chi connectivity index (χ2n) is 4.92. The van der Waals surface area contributed by atoms with E-state index in [0.29, 0.717) is 5.56 Å². The third-order valence-electron chi connectivity index (χ3n) is 3.38. The molecule has 0 aliphatic carbocycles. The Labute approximate surface area is 136 Å². The van der Waals surface area contributed by atoms with Gasteiger partial charge in [0.25, 0.3) is 5.91 Å². The van der Waals surface area contributed by atoms with Gasteiger partial charge in [-0.3, -0.25) is 4.79 Å². The van der Waals surface area contributed by atoms with Gasteiger partial charge in [-0.1, -0.05) is 40.2 Å². The molecule has 110 valence electrons. The lowest BCUT2D eigenvalue weighted by Gasteiger charge is -1.99. The molecule has 0 unspecified atom stereocenters. The van der Waals surface area contributed by atoms with E-state index in [-0.39, 0.29) is 5.91 Å². The summed E-state index contributed by atoms with van der Waals surface area (Å²) >= 11 is 3.34. The summed E-state index contributed by atoms with van der Waals surface area (Å²) in [4.78, 5) is 12.0. The lowest BCUT2D eigenvalue weighted by atomic mass is 10.2. The summed E-state index contributed by atoms with van der Waals surface area (Å²) in [6.07, 6.45) is 3.65. The van der Waals surface area contributed by atoms with Crippen molar-refractivity contribution in [2.24, 2.45) is 12.1 Å². The maximum atomic E-state index is 12.0. The number of benzene rings is 2. The summed E-state index contributed by atoms with van der Waals surface area (Å²) in [7, 11) is 1.99. The van der Waals surface area contributed by atoms with Crippen LogP contribution >= 0.6 is 15.9 Å². The summed E-state index contributed by atoms with van der Waals surface area (Å²) in [6.45, 7) is 0. The van der Waals surface area contributed by atoms with Crippen LogP contribution in [0.4, 0.5) is 0 Å². The molecular weight excluding hydrogens is 342 g/mol. The number of hydrogen-bond donors (Lipinski definition) is 1. The van der Waals surface area contributed by atoms with E-state index in [4.69, 9.17) is 0 Å². The van der Waals surface area contributed by atoms with Crippen LogP contribution in [0.5, 0.6) is 0 Å². The number of aromatic nitrogens is 1. The third kappa shape index (κ3) is 2.94. The number of nitrogens with zero attached hydrogens (tertiary/aromatic N) is 2. The number of amides is 1. The van der Waals surface area contributed by atoms with E-state index in [9.17, 15) is 4.79 Å². The van der Waals surface area contributed by atoms with Gasteiger partial charge < -0.3 is 4.57 Å². The molecule has 0 fully saturated rings. The fourth-order valence-electron chi connectivity index (χ4n) is 2.33. The highest BCUT2D eigenvalue weighted by atomic mass is 79.9. The van der Waals surface area contributed by atoms with Gasteiger partial charge in [0.1, 0.15) is 0 Å². The Morgan fingerprint density at radius 1 is 1.23 bits per heavy atom. The number of fused-ring (bicyclic) bond motifs is 1. The molecule has 1 amide bonds. The minimum Gasteiger partial charge on any atom is -0.350 e. The van der Waals surface area contributed by atoms with Gasteiger partial charge in [0.2, 0.25) is 0 Å². The SMILES string of the molecule is Cn1cc(/C=N/NC(=O)c2cccc(Br)c2)c2ccccc21. The summed E-state index contributed by atoms with van der Waals surface area (Å²) in [5, 5.41) is 5.16. The number of carbonyl (C=O) groups excluding carboxylic acids is 1. The Morgan fingerprint density at radius 2 is 2.05 bits per heavy atom. The van der Waals surface area contributed by atoms with E-state index in [1.54, 1.807) is 18.3 Å². The summed E-state index contributed by atoms with van der Waals surface area (Å²) in [5.41, 5.74) is 5.20. The molecule has 1 aromatic heterocycles. The van der Waals surface area contributed by atoms with E-state index in [0.717, 1.165) is 20.9 Å². The zero-order chi connectivity index (χ0) is 15.5. The van der Waals surface area contributed by atoms with E-state index < -0.39 is 0 Å². The van der Waals surface area contributed by atoms with Crippen LogP contribution in [-0.2, 0) is 7.05 Å². The molecule has 0 spiro atoms. The number of halogens is 1. The van der Waals surface area contributed by atoms with Crippen LogP contribution in [0.1, 0.15) is 15.9 Å². The number of carbonyl (C=O) groups is 1. The normalized spacial score (nSPS) is 11.2. The molecule has 0 saturated carbocycles. The zero-order valence-electron chi connectivity index (χ0n) is 12.0. The lowest BCUT2D eigenvalue weighted by Crippen LogP contribution is -2.17. The van der Waals surface area contributed by atoms with Crippen LogP contribution in [0.3, 0.4) is 0 Å². The van der Waals surface area contributed by atoms with Gasteiger partial charge in [-0.25, -0.2) is 5.43 Å². The minimum absolute atomic E-state index is 0.238. The highest BCUT2D eigenvalue weighted by Gasteiger charge is 2.05. The topological polar surface area (TPSA) is 46.4 Å². The highest BCUT2D eigenvalue weighted by Crippen LogP contribution is 2.18. The van der Waals surface area contributed by atoms with Crippen molar-refractivity contribution >= 4 is 39.0 Å². The summed E-state index contributed by atoms with van der Waals surface area (Å²) in [6, 6.07) is 15.2. The molecule has 3 aromatic rings. The molecule has 2 aromatic carbocycles. The lowest BCUT2D eigenvalue weighted by molar-refractivity contribution is 0.0955. The molecule has 0 radical (unpaired) electrons. The van der Waals surface area contributed by atoms with Crippen LogP contribution in [0.25, 0.3) is 10.9 Å². The average molecular weight is 356 g/mol. The van der Waals surface area contributed by atoms with Gasteiger partial charge in [-0.15, -0.1) is 0 Å². The molecule has 0 atom stereocenters. The quantitative estimate of drug-likeness (QED) is 0.565. The number of aryl methyl sites for hydroxylation is 1. The van der Waals surface area contributed by atoms with Gasteiger partial charge in [-0.05, 0) is 24.3 Å². The van der Waals surface area contributed by atoms with E-state index in [1.807, 2.05) is 54.2 Å². The predicted octanol–water partition coefficient (Wildman–Crippen LogP) is 3.70. The molecule has 1 heterocycles. The van der Waals surface area contributed by atoms with Gasteiger partial charge in [-0.2, -0.15) is 5.10 Å². The largest absolute Gasteiger partial charge is 0.350 e. The first kappa shape index (κ1) is 14.5. The first-order valence-corrected chi connectivity index (χ1v) is 7.57. The summed E-state index contributed by atoms with van der Waals surface area (Å²) in [5.74, 6) is -0.238. The van der Waals surface area contributed by atoms with E-state index in [1.165, 1.54) is 0 Å². The van der Waals surface area contributed by atoms with Crippen LogP contribution in [0.2, 0.25) is 0 Å². The first-order valence-electron chi connectivity index (χ1n) is 6.78. The zero-order valence-corrected chi connectivity index (χ0v) is 13.5. The molecule has 0 saturated heterocycles. The molecule has 4 nitrogen and oxygen atoms in total. The Balaban J connectivity index is 1.78. The standard InChI is InChI=1S/C17H14BrN3O/c1-21-11-13(15-7-2-3-8-16(15)21)10-19-20-17(22)12-5-4-6-14(18)9-12/h2-11H,1H3,(H,20,22)/b19-10+. The Bertz CT molecular complexity index is 867. The maximum absolute atomic E-state index is 12.0. The molecule has 0 aliphatic rings. The van der Waals surface area contributed by atoms with E-state index in [2.05, 4.69) is 26.5 Å². The third-order valence-corrected chi connectivity index (χ3v) is 3.88. The molecule has 5 heteroatoms. The Kier molecular flexibility index (Phi) is 4.06. The molecular formula is C17H14BrN3O. The molecule has 22 heavy (non-hydrogen) atoms. The van der Waals surface area contributed by atoms with Crippen molar-refractivity contribution in [3.8, 4) is 0 Å². The van der Waals surface area contributed by atoms with Gasteiger partial charge in [0, 0.05) is 39.7 Å². The van der Waals surface area contributed by atoms with Gasteiger partial charge in [0.05, 0.1) is 6.21 Å². The van der Waals surface area contributed by atoms with Gasteiger partial charge in [0.15, 0.2) is 0 Å².